The first kappa shape index (κ1) is 25.2. The van der Waals surface area contributed by atoms with E-state index in [1.54, 1.807) is 42.5 Å². The molecule has 0 bridgehead atoms. The molecule has 3 N–H and O–H groups in total. The molecule has 10 heteroatoms. The highest BCUT2D eigenvalue weighted by molar-refractivity contribution is 6.35. The largest absolute Gasteiger partial charge is 0.484 e. The van der Waals surface area contributed by atoms with Crippen molar-refractivity contribution in [2.75, 3.05) is 18.7 Å². The number of nitrogens with one attached hydrogen (secondary N) is 3. The fourth-order valence-corrected chi connectivity index (χ4v) is 3.47. The summed E-state index contributed by atoms with van der Waals surface area (Å²) in [4.78, 5) is 36.2. The van der Waals surface area contributed by atoms with Gasteiger partial charge in [0.15, 0.2) is 18.1 Å². The molecule has 1 heterocycles. The molecule has 37 heavy (non-hydrogen) atoms. The van der Waals surface area contributed by atoms with E-state index >= 15 is 0 Å². The number of ether oxygens (including phenoxy) is 3. The van der Waals surface area contributed by atoms with E-state index < -0.39 is 11.8 Å². The number of carbonyl (C=O) groups is 3. The number of hydrogen-bond acceptors (Lipinski definition) is 7. The third-order valence-corrected chi connectivity index (χ3v) is 5.40. The molecule has 1 aliphatic heterocycles. The van der Waals surface area contributed by atoms with Gasteiger partial charge < -0.3 is 24.8 Å². The molecule has 3 aromatic carbocycles. The number of benzene rings is 3. The fourth-order valence-electron chi connectivity index (χ4n) is 3.47. The molecule has 3 amide bonds. The highest BCUT2D eigenvalue weighted by Gasteiger charge is 2.15. The van der Waals surface area contributed by atoms with E-state index in [1.807, 2.05) is 31.2 Å². The van der Waals surface area contributed by atoms with Crippen molar-refractivity contribution in [3.63, 3.8) is 0 Å². The monoisotopic (exact) mass is 502 g/mol. The lowest BCUT2D eigenvalue weighted by Crippen LogP contribution is -2.37. The molecule has 190 valence electrons. The molecule has 0 saturated heterocycles. The minimum atomic E-state index is -0.896. The maximum Gasteiger partial charge on any atom is 0.329 e. The van der Waals surface area contributed by atoms with Crippen LogP contribution in [0.1, 0.15) is 23.6 Å². The molecule has 0 aliphatic carbocycles. The number of anilines is 1. The maximum atomic E-state index is 12.2. The predicted molar refractivity (Wildman–Crippen MR) is 137 cm³/mol. The maximum absolute atomic E-state index is 12.2. The van der Waals surface area contributed by atoms with E-state index in [0.717, 1.165) is 23.2 Å². The second-order valence-corrected chi connectivity index (χ2v) is 7.99. The Morgan fingerprint density at radius 1 is 0.973 bits per heavy atom. The van der Waals surface area contributed by atoms with E-state index in [0.29, 0.717) is 22.8 Å². The lowest BCUT2D eigenvalue weighted by atomic mass is 10.1. The van der Waals surface area contributed by atoms with Crippen LogP contribution >= 0.6 is 0 Å². The predicted octanol–water partition coefficient (Wildman–Crippen LogP) is 2.76. The van der Waals surface area contributed by atoms with Gasteiger partial charge in [0.1, 0.15) is 5.75 Å². The summed E-state index contributed by atoms with van der Waals surface area (Å²) in [5.74, 6) is -0.237. The van der Waals surface area contributed by atoms with Crippen LogP contribution in [0.2, 0.25) is 0 Å². The Hall–Kier alpha value is -4.86. The van der Waals surface area contributed by atoms with E-state index in [-0.39, 0.29) is 25.9 Å². The number of hydrogen-bond donors (Lipinski definition) is 3. The molecule has 0 fully saturated rings. The Morgan fingerprint density at radius 2 is 1.76 bits per heavy atom. The van der Waals surface area contributed by atoms with Crippen LogP contribution in [0.4, 0.5) is 5.69 Å². The van der Waals surface area contributed by atoms with Crippen molar-refractivity contribution in [3.05, 3.63) is 83.4 Å². The number of carbonyl (C=O) groups excluding carboxylic acids is 3. The summed E-state index contributed by atoms with van der Waals surface area (Å²) in [6.07, 6.45) is 2.20. The van der Waals surface area contributed by atoms with Crippen molar-refractivity contribution in [1.29, 1.82) is 0 Å². The van der Waals surface area contributed by atoms with Gasteiger partial charge in [0.25, 0.3) is 5.91 Å². The van der Waals surface area contributed by atoms with Crippen LogP contribution in [0, 0.1) is 0 Å². The van der Waals surface area contributed by atoms with Crippen LogP contribution < -0.4 is 30.3 Å². The average Bonchev–Trinajstić information content (AvgIpc) is 3.39. The van der Waals surface area contributed by atoms with Crippen molar-refractivity contribution in [3.8, 4) is 17.2 Å². The van der Waals surface area contributed by atoms with Crippen molar-refractivity contribution in [2.45, 2.75) is 19.9 Å². The van der Waals surface area contributed by atoms with Gasteiger partial charge in [-0.1, -0.05) is 31.2 Å². The number of hydrazone groups is 1. The standard InChI is InChI=1S/C27H26N4O6/c1-2-20-5-3-4-6-22(20)30-25(32)16-35-21-10-7-18(8-11-21)15-29-31-27(34)26(33)28-14-19-9-12-23-24(13-19)37-17-36-23/h3-13,15H,2,14,16-17H2,1H3,(H,28,33)(H,30,32)(H,31,34)/b29-15-. The minimum Gasteiger partial charge on any atom is -0.484 e. The third-order valence-electron chi connectivity index (χ3n) is 5.40. The second-order valence-electron chi connectivity index (χ2n) is 7.99. The molecular formula is C27H26N4O6. The molecule has 0 unspecified atom stereocenters. The highest BCUT2D eigenvalue weighted by Crippen LogP contribution is 2.32. The lowest BCUT2D eigenvalue weighted by Gasteiger charge is -2.10. The van der Waals surface area contributed by atoms with Gasteiger partial charge in [0.2, 0.25) is 6.79 Å². The fraction of sp³-hybridized carbons (Fsp3) is 0.185. The van der Waals surface area contributed by atoms with Gasteiger partial charge in [-0.3, -0.25) is 14.4 Å². The minimum absolute atomic E-state index is 0.136. The smallest absolute Gasteiger partial charge is 0.329 e. The van der Waals surface area contributed by atoms with Gasteiger partial charge in [-0.2, -0.15) is 5.10 Å². The Labute approximate surface area is 213 Å². The van der Waals surface area contributed by atoms with Gasteiger partial charge in [-0.15, -0.1) is 0 Å². The topological polar surface area (TPSA) is 127 Å². The lowest BCUT2D eigenvalue weighted by molar-refractivity contribution is -0.139. The van der Waals surface area contributed by atoms with E-state index in [4.69, 9.17) is 14.2 Å². The second kappa shape index (κ2) is 12.2. The van der Waals surface area contributed by atoms with Gasteiger partial charge >= 0.3 is 11.8 Å². The van der Waals surface area contributed by atoms with Gasteiger partial charge in [0, 0.05) is 12.2 Å². The number of fused-ring (bicyclic) bond motifs is 1. The van der Waals surface area contributed by atoms with Crippen LogP contribution in [0.3, 0.4) is 0 Å². The Bertz CT molecular complexity index is 1310. The number of rotatable bonds is 9. The molecule has 0 spiro atoms. The molecule has 0 aromatic heterocycles. The first-order valence-corrected chi connectivity index (χ1v) is 11.6. The number of nitrogens with zero attached hydrogens (tertiary/aromatic N) is 1. The zero-order valence-electron chi connectivity index (χ0n) is 20.2. The third kappa shape index (κ3) is 7.07. The van der Waals surface area contributed by atoms with Crippen LogP contribution in [0.25, 0.3) is 0 Å². The molecular weight excluding hydrogens is 476 g/mol. The zero-order chi connectivity index (χ0) is 26.0. The molecule has 3 aromatic rings. The Morgan fingerprint density at radius 3 is 2.57 bits per heavy atom. The summed E-state index contributed by atoms with van der Waals surface area (Å²) in [5, 5.41) is 9.18. The van der Waals surface area contributed by atoms with Crippen LogP contribution in [0.15, 0.2) is 71.8 Å². The Balaban J connectivity index is 1.18. The van der Waals surface area contributed by atoms with Gasteiger partial charge in [-0.25, -0.2) is 5.43 Å². The van der Waals surface area contributed by atoms with Crippen molar-refractivity contribution < 1.29 is 28.6 Å². The van der Waals surface area contributed by atoms with E-state index in [2.05, 4.69) is 21.2 Å². The Kier molecular flexibility index (Phi) is 8.33. The molecule has 4 rings (SSSR count). The first-order valence-electron chi connectivity index (χ1n) is 11.6. The number of aryl methyl sites for hydroxylation is 1. The average molecular weight is 503 g/mol. The quantitative estimate of drug-likeness (QED) is 0.235. The SMILES string of the molecule is CCc1ccccc1NC(=O)COc1ccc(/C=N\NC(=O)C(=O)NCc2ccc3c(c2)OCO3)cc1. The summed E-state index contributed by atoms with van der Waals surface area (Å²) in [7, 11) is 0. The van der Waals surface area contributed by atoms with E-state index in [1.165, 1.54) is 6.21 Å². The zero-order valence-corrected chi connectivity index (χ0v) is 20.2. The summed E-state index contributed by atoms with van der Waals surface area (Å²) in [6.45, 7) is 2.20. The van der Waals surface area contributed by atoms with Crippen LogP contribution in [-0.2, 0) is 27.3 Å². The van der Waals surface area contributed by atoms with Crippen LogP contribution in [-0.4, -0.2) is 37.3 Å². The van der Waals surface area contributed by atoms with Gasteiger partial charge in [-0.05, 0) is 65.6 Å². The van der Waals surface area contributed by atoms with Crippen molar-refractivity contribution >= 4 is 29.6 Å². The number of para-hydroxylation sites is 1. The van der Waals surface area contributed by atoms with E-state index in [9.17, 15) is 14.4 Å². The summed E-state index contributed by atoms with van der Waals surface area (Å²) in [6, 6.07) is 19.6. The normalized spacial score (nSPS) is 11.7. The van der Waals surface area contributed by atoms with Gasteiger partial charge in [0.05, 0.1) is 6.21 Å². The molecule has 0 saturated carbocycles. The molecule has 10 nitrogen and oxygen atoms in total. The van der Waals surface area contributed by atoms with Crippen molar-refractivity contribution in [1.82, 2.24) is 10.7 Å². The summed E-state index contributed by atoms with van der Waals surface area (Å²) in [5.41, 5.74) is 5.43. The molecule has 0 atom stereocenters. The first-order chi connectivity index (χ1) is 18.0. The summed E-state index contributed by atoms with van der Waals surface area (Å²) >= 11 is 0. The van der Waals surface area contributed by atoms with Crippen LogP contribution in [0.5, 0.6) is 17.2 Å². The highest BCUT2D eigenvalue weighted by atomic mass is 16.7. The molecule has 1 aliphatic rings. The van der Waals surface area contributed by atoms with Crippen molar-refractivity contribution in [2.24, 2.45) is 5.10 Å². The molecule has 0 radical (unpaired) electrons. The summed E-state index contributed by atoms with van der Waals surface area (Å²) < 4.78 is 16.1. The number of amides is 3.